The molecule has 0 aliphatic carbocycles. The van der Waals surface area contributed by atoms with Crippen molar-refractivity contribution >= 4 is 5.78 Å². The molecule has 2 atom stereocenters. The Kier molecular flexibility index (Phi) is 1.10. The van der Waals surface area contributed by atoms with Crippen LogP contribution in [0.15, 0.2) is 0 Å². The van der Waals surface area contributed by atoms with Crippen LogP contribution in [0.3, 0.4) is 0 Å². The quantitative estimate of drug-likeness (QED) is 0.480. The van der Waals surface area contributed by atoms with Gasteiger partial charge in [-0.15, -0.1) is 0 Å². The second-order valence-electron chi connectivity index (χ2n) is 3.72. The molecule has 0 aromatic heterocycles. The first-order valence-electron chi connectivity index (χ1n) is 3.86. The molecule has 2 fully saturated rings. The third kappa shape index (κ3) is 0.631. The maximum Gasteiger partial charge on any atom is 0.195 e. The van der Waals surface area contributed by atoms with Gasteiger partial charge < -0.3 is 9.47 Å². The Hall–Kier alpha value is -0.410. The summed E-state index contributed by atoms with van der Waals surface area (Å²) in [6, 6.07) is 0. The Bertz CT molecular complexity index is 221. The number of carbonyl (C=O) groups excluding carboxylic acids is 1. The van der Waals surface area contributed by atoms with Crippen LogP contribution in [0.5, 0.6) is 0 Å². The molecule has 62 valence electrons. The molecule has 1 spiro atoms. The Balaban J connectivity index is 2.33. The average Bonchev–Trinajstić information content (AvgIpc) is 2.39. The molecule has 2 unspecified atom stereocenters. The molecule has 0 amide bonds. The number of rotatable bonds is 0. The van der Waals surface area contributed by atoms with Crippen molar-refractivity contribution in [1.29, 1.82) is 0 Å². The SMILES string of the molecule is CC1OCC(=O)C12OC2(C)C. The van der Waals surface area contributed by atoms with Crippen LogP contribution in [0, 0.1) is 0 Å². The third-order valence-corrected chi connectivity index (χ3v) is 2.72. The largest absolute Gasteiger partial charge is 0.367 e. The minimum atomic E-state index is -0.604. The predicted molar refractivity (Wildman–Crippen MR) is 38.3 cm³/mol. The number of ether oxygens (including phenoxy) is 2. The van der Waals surface area contributed by atoms with E-state index in [0.717, 1.165) is 0 Å². The first kappa shape index (κ1) is 7.25. The molecule has 2 aliphatic heterocycles. The van der Waals surface area contributed by atoms with Gasteiger partial charge in [0.25, 0.3) is 0 Å². The molecule has 3 nitrogen and oxygen atoms in total. The maximum atomic E-state index is 11.3. The first-order valence-corrected chi connectivity index (χ1v) is 3.86. The van der Waals surface area contributed by atoms with E-state index in [1.54, 1.807) is 0 Å². The van der Waals surface area contributed by atoms with Crippen molar-refractivity contribution in [3.05, 3.63) is 0 Å². The van der Waals surface area contributed by atoms with E-state index in [0.29, 0.717) is 0 Å². The van der Waals surface area contributed by atoms with Crippen molar-refractivity contribution in [2.45, 2.75) is 38.1 Å². The maximum absolute atomic E-state index is 11.3. The van der Waals surface area contributed by atoms with Crippen molar-refractivity contribution < 1.29 is 14.3 Å². The van der Waals surface area contributed by atoms with Gasteiger partial charge in [-0.1, -0.05) is 0 Å². The zero-order chi connectivity index (χ0) is 8.28. The predicted octanol–water partition coefficient (Wildman–Crippen LogP) is 0.522. The average molecular weight is 156 g/mol. The molecule has 2 saturated heterocycles. The van der Waals surface area contributed by atoms with Gasteiger partial charge in [0.2, 0.25) is 0 Å². The van der Waals surface area contributed by atoms with Crippen LogP contribution in [-0.2, 0) is 14.3 Å². The Morgan fingerprint density at radius 1 is 1.55 bits per heavy atom. The highest BCUT2D eigenvalue weighted by Crippen LogP contribution is 2.53. The normalized spacial score (nSPS) is 46.8. The van der Waals surface area contributed by atoms with E-state index in [1.165, 1.54) is 0 Å². The Morgan fingerprint density at radius 3 is 2.27 bits per heavy atom. The van der Waals surface area contributed by atoms with Gasteiger partial charge in [-0.2, -0.15) is 0 Å². The van der Waals surface area contributed by atoms with Crippen molar-refractivity contribution in [3.8, 4) is 0 Å². The van der Waals surface area contributed by atoms with E-state index in [1.807, 2.05) is 20.8 Å². The highest BCUT2D eigenvalue weighted by Gasteiger charge is 2.74. The zero-order valence-electron chi connectivity index (χ0n) is 7.01. The molecule has 0 N–H and O–H groups in total. The van der Waals surface area contributed by atoms with Gasteiger partial charge >= 0.3 is 0 Å². The highest BCUT2D eigenvalue weighted by atomic mass is 16.7. The third-order valence-electron chi connectivity index (χ3n) is 2.72. The summed E-state index contributed by atoms with van der Waals surface area (Å²) in [6.45, 7) is 5.95. The van der Waals surface area contributed by atoms with Crippen molar-refractivity contribution in [2.75, 3.05) is 6.61 Å². The second kappa shape index (κ2) is 1.67. The lowest BCUT2D eigenvalue weighted by Gasteiger charge is -2.08. The molecule has 0 aromatic rings. The fourth-order valence-electron chi connectivity index (χ4n) is 1.99. The van der Waals surface area contributed by atoms with Gasteiger partial charge in [0.05, 0.1) is 6.10 Å². The van der Waals surface area contributed by atoms with Crippen LogP contribution in [0.25, 0.3) is 0 Å². The fraction of sp³-hybridized carbons (Fsp3) is 0.875. The van der Waals surface area contributed by atoms with Gasteiger partial charge in [0.15, 0.2) is 11.4 Å². The summed E-state index contributed by atoms with van der Waals surface area (Å²) in [5.41, 5.74) is -0.910. The highest BCUT2D eigenvalue weighted by molar-refractivity contribution is 5.95. The van der Waals surface area contributed by atoms with E-state index >= 15 is 0 Å². The Labute approximate surface area is 65.7 Å². The van der Waals surface area contributed by atoms with Gasteiger partial charge in [0, 0.05) is 0 Å². The van der Waals surface area contributed by atoms with E-state index in [9.17, 15) is 4.79 Å². The number of carbonyl (C=O) groups is 1. The van der Waals surface area contributed by atoms with Gasteiger partial charge in [0.1, 0.15) is 12.2 Å². The molecule has 2 heterocycles. The molecule has 0 radical (unpaired) electrons. The van der Waals surface area contributed by atoms with E-state index < -0.39 is 5.60 Å². The topological polar surface area (TPSA) is 38.8 Å². The minimum absolute atomic E-state index is 0.0787. The summed E-state index contributed by atoms with van der Waals surface area (Å²) in [5, 5.41) is 0. The smallest absolute Gasteiger partial charge is 0.195 e. The van der Waals surface area contributed by atoms with Crippen LogP contribution >= 0.6 is 0 Å². The summed E-state index contributed by atoms with van der Waals surface area (Å²) in [7, 11) is 0. The molecular formula is C8H12O3. The zero-order valence-corrected chi connectivity index (χ0v) is 7.01. The van der Waals surface area contributed by atoms with Crippen molar-refractivity contribution in [1.82, 2.24) is 0 Å². The summed E-state index contributed by atoms with van der Waals surface area (Å²) in [6.07, 6.45) is -0.0787. The van der Waals surface area contributed by atoms with Crippen LogP contribution in [0.2, 0.25) is 0 Å². The molecule has 2 rings (SSSR count). The summed E-state index contributed by atoms with van der Waals surface area (Å²) in [4.78, 5) is 11.3. The molecule has 0 bridgehead atoms. The lowest BCUT2D eigenvalue weighted by atomic mass is 9.89. The van der Waals surface area contributed by atoms with E-state index in [2.05, 4.69) is 0 Å². The summed E-state index contributed by atoms with van der Waals surface area (Å²) in [5.74, 6) is 0.0926. The molecule has 2 aliphatic rings. The van der Waals surface area contributed by atoms with Crippen LogP contribution in [0.1, 0.15) is 20.8 Å². The first-order chi connectivity index (χ1) is 5.01. The van der Waals surface area contributed by atoms with Crippen molar-refractivity contribution in [2.24, 2.45) is 0 Å². The van der Waals surface area contributed by atoms with E-state index in [-0.39, 0.29) is 24.1 Å². The van der Waals surface area contributed by atoms with E-state index in [4.69, 9.17) is 9.47 Å². The lowest BCUT2D eigenvalue weighted by Crippen LogP contribution is -2.35. The number of ketones is 1. The van der Waals surface area contributed by atoms with Gasteiger partial charge in [-0.25, -0.2) is 0 Å². The number of Topliss-reactive ketones (excluding diaryl/α,β-unsaturated/α-hetero) is 1. The van der Waals surface area contributed by atoms with Crippen LogP contribution in [0.4, 0.5) is 0 Å². The molecule has 0 aromatic carbocycles. The molecular weight excluding hydrogens is 144 g/mol. The standard InChI is InChI=1S/C8H12O3/c1-5-8(6(9)4-10-5)7(2,3)11-8/h5H,4H2,1-3H3. The molecule has 3 heteroatoms. The number of epoxide rings is 1. The van der Waals surface area contributed by atoms with Crippen LogP contribution < -0.4 is 0 Å². The number of hydrogen-bond donors (Lipinski definition) is 0. The van der Waals surface area contributed by atoms with Crippen LogP contribution in [-0.4, -0.2) is 29.7 Å². The van der Waals surface area contributed by atoms with Gasteiger partial charge in [-0.05, 0) is 20.8 Å². The number of hydrogen-bond acceptors (Lipinski definition) is 3. The Morgan fingerprint density at radius 2 is 2.09 bits per heavy atom. The van der Waals surface area contributed by atoms with Gasteiger partial charge in [-0.3, -0.25) is 4.79 Å². The second-order valence-corrected chi connectivity index (χ2v) is 3.72. The molecule has 11 heavy (non-hydrogen) atoms. The fourth-order valence-corrected chi connectivity index (χ4v) is 1.99. The summed E-state index contributed by atoms with van der Waals surface area (Å²) < 4.78 is 10.6. The lowest BCUT2D eigenvalue weighted by molar-refractivity contribution is -0.121. The minimum Gasteiger partial charge on any atom is -0.367 e. The van der Waals surface area contributed by atoms with Crippen molar-refractivity contribution in [3.63, 3.8) is 0 Å². The molecule has 0 saturated carbocycles. The monoisotopic (exact) mass is 156 g/mol. The summed E-state index contributed by atoms with van der Waals surface area (Å²) >= 11 is 0.